The van der Waals surface area contributed by atoms with E-state index in [1.807, 2.05) is 24.3 Å². The standard InChI is InChI=1S/C17H19N3O4/c1-24-14-7-3-2-5-12(14)13-6-4-8-20(13)15(21)9-11-10-18-17(23)19-16(11)22/h2-3,5,7,10,13H,4,6,8-9H2,1H3,(H2,18,19,22,23)/t13-/m0/s1. The number of ether oxygens (including phenoxy) is 1. The largest absolute Gasteiger partial charge is 0.496 e. The first-order chi connectivity index (χ1) is 11.6. The number of aromatic amines is 2. The molecule has 0 spiro atoms. The van der Waals surface area contributed by atoms with Crippen molar-refractivity contribution in [2.24, 2.45) is 0 Å². The van der Waals surface area contributed by atoms with Crippen LogP contribution < -0.4 is 16.0 Å². The Balaban J connectivity index is 1.83. The maximum absolute atomic E-state index is 12.7. The van der Waals surface area contributed by atoms with E-state index in [1.165, 1.54) is 6.20 Å². The van der Waals surface area contributed by atoms with Crippen LogP contribution in [0.5, 0.6) is 5.75 Å². The fraction of sp³-hybridized carbons (Fsp3) is 0.353. The van der Waals surface area contributed by atoms with Crippen LogP contribution in [-0.2, 0) is 11.2 Å². The van der Waals surface area contributed by atoms with E-state index < -0.39 is 11.2 Å². The fourth-order valence-electron chi connectivity index (χ4n) is 3.16. The molecule has 1 atom stereocenters. The summed E-state index contributed by atoms with van der Waals surface area (Å²) in [7, 11) is 1.61. The van der Waals surface area contributed by atoms with Crippen LogP contribution in [0.4, 0.5) is 0 Å². The molecule has 2 heterocycles. The van der Waals surface area contributed by atoms with Gasteiger partial charge in [-0.2, -0.15) is 0 Å². The van der Waals surface area contributed by atoms with Gasteiger partial charge in [0.15, 0.2) is 0 Å². The van der Waals surface area contributed by atoms with Gasteiger partial charge in [0.2, 0.25) is 5.91 Å². The van der Waals surface area contributed by atoms with Crippen LogP contribution in [0.1, 0.15) is 30.0 Å². The summed E-state index contributed by atoms with van der Waals surface area (Å²) < 4.78 is 5.40. The number of rotatable bonds is 4. The quantitative estimate of drug-likeness (QED) is 0.874. The van der Waals surface area contributed by atoms with E-state index in [4.69, 9.17) is 4.74 Å². The average molecular weight is 329 g/mol. The summed E-state index contributed by atoms with van der Waals surface area (Å²) in [6, 6.07) is 7.59. The van der Waals surface area contributed by atoms with Crippen LogP contribution in [0, 0.1) is 0 Å². The number of carbonyl (C=O) groups excluding carboxylic acids is 1. The number of carbonyl (C=O) groups is 1. The van der Waals surface area contributed by atoms with E-state index in [9.17, 15) is 14.4 Å². The van der Waals surface area contributed by atoms with E-state index >= 15 is 0 Å². The first-order valence-electron chi connectivity index (χ1n) is 7.83. The molecular weight excluding hydrogens is 310 g/mol. The topological polar surface area (TPSA) is 95.3 Å². The number of hydrogen-bond donors (Lipinski definition) is 2. The molecule has 2 aromatic rings. The number of likely N-dealkylation sites (tertiary alicyclic amines) is 1. The van der Waals surface area contributed by atoms with Gasteiger partial charge in [-0.25, -0.2) is 4.79 Å². The Bertz CT molecular complexity index is 855. The molecule has 1 saturated heterocycles. The van der Waals surface area contributed by atoms with Crippen LogP contribution in [0.25, 0.3) is 0 Å². The molecule has 0 radical (unpaired) electrons. The van der Waals surface area contributed by atoms with Crippen molar-refractivity contribution in [3.05, 3.63) is 62.4 Å². The Kier molecular flexibility index (Phi) is 4.50. The molecule has 24 heavy (non-hydrogen) atoms. The molecule has 7 nitrogen and oxygen atoms in total. The van der Waals surface area contributed by atoms with Gasteiger partial charge >= 0.3 is 5.69 Å². The van der Waals surface area contributed by atoms with Gasteiger partial charge in [-0.15, -0.1) is 0 Å². The minimum absolute atomic E-state index is 0.0439. The maximum Gasteiger partial charge on any atom is 0.325 e. The number of hydrogen-bond acceptors (Lipinski definition) is 4. The van der Waals surface area contributed by atoms with Crippen molar-refractivity contribution in [3.8, 4) is 5.75 Å². The van der Waals surface area contributed by atoms with Crippen LogP contribution >= 0.6 is 0 Å². The highest BCUT2D eigenvalue weighted by Crippen LogP contribution is 2.37. The first kappa shape index (κ1) is 16.0. The lowest BCUT2D eigenvalue weighted by Crippen LogP contribution is -2.34. The number of nitrogens with zero attached hydrogens (tertiary/aromatic N) is 1. The van der Waals surface area contributed by atoms with Gasteiger partial charge in [-0.1, -0.05) is 18.2 Å². The molecule has 0 bridgehead atoms. The second-order valence-electron chi connectivity index (χ2n) is 5.76. The molecule has 0 unspecified atom stereocenters. The van der Waals surface area contributed by atoms with Crippen molar-refractivity contribution < 1.29 is 9.53 Å². The maximum atomic E-state index is 12.7. The number of aromatic nitrogens is 2. The number of para-hydroxylation sites is 1. The average Bonchev–Trinajstić information content (AvgIpc) is 3.07. The Labute approximate surface area is 138 Å². The van der Waals surface area contributed by atoms with Crippen LogP contribution in [-0.4, -0.2) is 34.4 Å². The summed E-state index contributed by atoms with van der Waals surface area (Å²) >= 11 is 0. The first-order valence-corrected chi connectivity index (χ1v) is 7.83. The zero-order chi connectivity index (χ0) is 17.1. The van der Waals surface area contributed by atoms with E-state index in [1.54, 1.807) is 12.0 Å². The number of benzene rings is 1. The van der Waals surface area contributed by atoms with Crippen molar-refractivity contribution >= 4 is 5.91 Å². The minimum atomic E-state index is -0.579. The van der Waals surface area contributed by atoms with Gasteiger partial charge in [-0.05, 0) is 18.9 Å². The number of H-pyrrole nitrogens is 2. The molecular formula is C17H19N3O4. The third kappa shape index (κ3) is 3.10. The third-order valence-electron chi connectivity index (χ3n) is 4.31. The van der Waals surface area contributed by atoms with Crippen LogP contribution in [0.15, 0.2) is 40.1 Å². The van der Waals surface area contributed by atoms with Gasteiger partial charge in [0.25, 0.3) is 5.56 Å². The summed E-state index contributed by atoms with van der Waals surface area (Å²) in [5.41, 5.74) is 0.121. The van der Waals surface area contributed by atoms with Crippen molar-refractivity contribution in [1.82, 2.24) is 14.9 Å². The highest BCUT2D eigenvalue weighted by molar-refractivity contribution is 5.79. The number of methoxy groups -OCH3 is 1. The Morgan fingerprint density at radius 2 is 2.12 bits per heavy atom. The summed E-state index contributed by atoms with van der Waals surface area (Å²) in [5, 5.41) is 0. The van der Waals surface area contributed by atoms with Gasteiger partial charge in [0.05, 0.1) is 19.6 Å². The Hall–Kier alpha value is -2.83. The highest BCUT2D eigenvalue weighted by atomic mass is 16.5. The van der Waals surface area contributed by atoms with Gasteiger partial charge < -0.3 is 14.6 Å². The second kappa shape index (κ2) is 6.74. The molecule has 1 aromatic heterocycles. The summed E-state index contributed by atoms with van der Waals surface area (Å²) in [6.07, 6.45) is 3.01. The molecule has 2 N–H and O–H groups in total. The smallest absolute Gasteiger partial charge is 0.325 e. The molecule has 126 valence electrons. The zero-order valence-corrected chi connectivity index (χ0v) is 13.4. The lowest BCUT2D eigenvalue weighted by molar-refractivity contribution is -0.131. The predicted octanol–water partition coefficient (Wildman–Crippen LogP) is 0.978. The summed E-state index contributed by atoms with van der Waals surface area (Å²) in [4.78, 5) is 41.8. The van der Waals surface area contributed by atoms with Crippen molar-refractivity contribution in [1.29, 1.82) is 0 Å². The molecule has 0 aliphatic carbocycles. The zero-order valence-electron chi connectivity index (χ0n) is 13.4. The van der Waals surface area contributed by atoms with E-state index in [2.05, 4.69) is 9.97 Å². The van der Waals surface area contributed by atoms with Crippen LogP contribution in [0.3, 0.4) is 0 Å². The highest BCUT2D eigenvalue weighted by Gasteiger charge is 2.31. The molecule has 1 fully saturated rings. The molecule has 1 aliphatic heterocycles. The normalized spacial score (nSPS) is 17.0. The molecule has 1 aromatic carbocycles. The lowest BCUT2D eigenvalue weighted by atomic mass is 10.0. The van der Waals surface area contributed by atoms with Gasteiger partial charge in [0, 0.05) is 23.9 Å². The van der Waals surface area contributed by atoms with E-state index in [0.29, 0.717) is 6.54 Å². The van der Waals surface area contributed by atoms with Crippen LogP contribution in [0.2, 0.25) is 0 Å². The predicted molar refractivity (Wildman–Crippen MR) is 88.1 cm³/mol. The van der Waals surface area contributed by atoms with Crippen molar-refractivity contribution in [2.45, 2.75) is 25.3 Å². The van der Waals surface area contributed by atoms with Crippen molar-refractivity contribution in [2.75, 3.05) is 13.7 Å². The summed E-state index contributed by atoms with van der Waals surface area (Å²) in [6.45, 7) is 0.642. The molecule has 3 rings (SSSR count). The second-order valence-corrected chi connectivity index (χ2v) is 5.76. The molecule has 0 saturated carbocycles. The Morgan fingerprint density at radius 1 is 1.33 bits per heavy atom. The number of nitrogens with one attached hydrogen (secondary N) is 2. The van der Waals surface area contributed by atoms with Gasteiger partial charge in [0.1, 0.15) is 5.75 Å². The number of amides is 1. The van der Waals surface area contributed by atoms with E-state index in [-0.39, 0.29) is 23.9 Å². The summed E-state index contributed by atoms with van der Waals surface area (Å²) in [5.74, 6) is 0.616. The SMILES string of the molecule is COc1ccccc1[C@@H]1CCCN1C(=O)Cc1c[nH]c(=O)[nH]c1=O. The lowest BCUT2D eigenvalue weighted by Gasteiger charge is -2.26. The molecule has 7 heteroatoms. The molecule has 1 amide bonds. The van der Waals surface area contributed by atoms with Gasteiger partial charge in [-0.3, -0.25) is 14.6 Å². The van der Waals surface area contributed by atoms with Crippen molar-refractivity contribution in [3.63, 3.8) is 0 Å². The fourth-order valence-corrected chi connectivity index (χ4v) is 3.16. The Morgan fingerprint density at radius 3 is 2.88 bits per heavy atom. The minimum Gasteiger partial charge on any atom is -0.496 e. The monoisotopic (exact) mass is 329 g/mol. The molecule has 1 aliphatic rings. The van der Waals surface area contributed by atoms with E-state index in [0.717, 1.165) is 24.2 Å². The third-order valence-corrected chi connectivity index (χ3v) is 4.31.